The highest BCUT2D eigenvalue weighted by Gasteiger charge is 2.20. The highest BCUT2D eigenvalue weighted by molar-refractivity contribution is 7.89. The van der Waals surface area contributed by atoms with Crippen LogP contribution in [-0.4, -0.2) is 8.42 Å². The Kier molecular flexibility index (Phi) is 6.42. The maximum absolute atomic E-state index is 12.7. The summed E-state index contributed by atoms with van der Waals surface area (Å²) < 4.78 is 28.3. The molecule has 0 bridgehead atoms. The lowest BCUT2D eigenvalue weighted by atomic mass is 9.98. The normalized spacial score (nSPS) is 13.4. The first-order valence-corrected chi connectivity index (χ1v) is 10.4. The molecule has 0 heterocycles. The van der Waals surface area contributed by atoms with Crippen molar-refractivity contribution in [3.8, 4) is 0 Å². The zero-order chi connectivity index (χ0) is 18.6. The van der Waals surface area contributed by atoms with Gasteiger partial charge >= 0.3 is 0 Å². The summed E-state index contributed by atoms with van der Waals surface area (Å²) in [6.45, 7) is 10.5. The Labute approximate surface area is 152 Å². The zero-order valence-electron chi connectivity index (χ0n) is 15.8. The number of rotatable bonds is 7. The number of sulfonamides is 1. The second kappa shape index (κ2) is 8.15. The summed E-state index contributed by atoms with van der Waals surface area (Å²) in [6, 6.07) is 15.1. The van der Waals surface area contributed by atoms with Crippen molar-refractivity contribution in [3.63, 3.8) is 0 Å². The van der Waals surface area contributed by atoms with Crippen molar-refractivity contribution in [1.82, 2.24) is 4.72 Å². The van der Waals surface area contributed by atoms with Crippen LogP contribution in [0.3, 0.4) is 0 Å². The van der Waals surface area contributed by atoms with Gasteiger partial charge < -0.3 is 0 Å². The average Bonchev–Trinajstić information content (AvgIpc) is 2.60. The quantitative estimate of drug-likeness (QED) is 0.723. The molecule has 0 saturated heterocycles. The molecule has 136 valence electrons. The van der Waals surface area contributed by atoms with E-state index in [0.29, 0.717) is 23.2 Å². The fourth-order valence-corrected chi connectivity index (χ4v) is 4.10. The fraction of sp³-hybridized carbons (Fsp3) is 0.429. The van der Waals surface area contributed by atoms with Gasteiger partial charge in [-0.25, -0.2) is 13.1 Å². The second-order valence-electron chi connectivity index (χ2n) is 7.13. The van der Waals surface area contributed by atoms with Gasteiger partial charge in [0.2, 0.25) is 10.0 Å². The maximum atomic E-state index is 12.7. The molecule has 0 radical (unpaired) electrons. The van der Waals surface area contributed by atoms with Gasteiger partial charge in [0.25, 0.3) is 0 Å². The van der Waals surface area contributed by atoms with Crippen LogP contribution >= 0.6 is 0 Å². The van der Waals surface area contributed by atoms with Crippen molar-refractivity contribution < 1.29 is 8.42 Å². The monoisotopic (exact) mass is 359 g/mol. The number of hydrogen-bond acceptors (Lipinski definition) is 2. The van der Waals surface area contributed by atoms with Crippen LogP contribution in [0.5, 0.6) is 0 Å². The highest BCUT2D eigenvalue weighted by Crippen LogP contribution is 2.24. The van der Waals surface area contributed by atoms with Gasteiger partial charge in [-0.2, -0.15) is 0 Å². The van der Waals surface area contributed by atoms with E-state index < -0.39 is 10.0 Å². The molecule has 3 nitrogen and oxygen atoms in total. The van der Waals surface area contributed by atoms with Crippen LogP contribution in [0.15, 0.2) is 53.4 Å². The lowest BCUT2D eigenvalue weighted by Crippen LogP contribution is -2.28. The number of benzene rings is 2. The van der Waals surface area contributed by atoms with Crippen molar-refractivity contribution in [2.45, 2.75) is 63.8 Å². The SMILES string of the molecule is CCC(NS(=O)(=O)c1ccc(C(C)C)cc1)c1ccc(C(C)C)cc1. The van der Waals surface area contributed by atoms with Crippen LogP contribution in [-0.2, 0) is 10.0 Å². The van der Waals surface area contributed by atoms with Crippen LogP contribution in [0, 0.1) is 0 Å². The van der Waals surface area contributed by atoms with E-state index in [1.807, 2.05) is 31.2 Å². The van der Waals surface area contributed by atoms with Gasteiger partial charge in [0, 0.05) is 6.04 Å². The smallest absolute Gasteiger partial charge is 0.207 e. The first-order valence-electron chi connectivity index (χ1n) is 8.96. The van der Waals surface area contributed by atoms with Crippen molar-refractivity contribution in [2.75, 3.05) is 0 Å². The standard InChI is InChI=1S/C21H29NO2S/c1-6-21(19-9-7-17(8-10-19)15(2)3)22-25(23,24)20-13-11-18(12-14-20)16(4)5/h7-16,21-22H,6H2,1-5H3. The average molecular weight is 360 g/mol. The van der Waals surface area contributed by atoms with E-state index in [0.717, 1.165) is 11.1 Å². The molecule has 1 N–H and O–H groups in total. The molecule has 0 aliphatic rings. The topological polar surface area (TPSA) is 46.2 Å². The van der Waals surface area contributed by atoms with Gasteiger partial charge in [0.1, 0.15) is 0 Å². The van der Waals surface area contributed by atoms with Gasteiger partial charge in [-0.15, -0.1) is 0 Å². The molecule has 1 unspecified atom stereocenters. The molecule has 0 spiro atoms. The summed E-state index contributed by atoms with van der Waals surface area (Å²) in [5.74, 6) is 0.845. The maximum Gasteiger partial charge on any atom is 0.241 e. The minimum atomic E-state index is -3.54. The Morgan fingerprint density at radius 2 is 1.16 bits per heavy atom. The second-order valence-corrected chi connectivity index (χ2v) is 8.84. The highest BCUT2D eigenvalue weighted by atomic mass is 32.2. The molecule has 0 fully saturated rings. The largest absolute Gasteiger partial charge is 0.241 e. The zero-order valence-corrected chi connectivity index (χ0v) is 16.6. The molecular weight excluding hydrogens is 330 g/mol. The summed E-state index contributed by atoms with van der Waals surface area (Å²) in [6.07, 6.45) is 0.699. The lowest BCUT2D eigenvalue weighted by molar-refractivity contribution is 0.550. The minimum Gasteiger partial charge on any atom is -0.207 e. The molecule has 25 heavy (non-hydrogen) atoms. The predicted molar refractivity (Wildman–Crippen MR) is 104 cm³/mol. The Morgan fingerprint density at radius 1 is 0.760 bits per heavy atom. The van der Waals surface area contributed by atoms with Crippen molar-refractivity contribution >= 4 is 10.0 Å². The van der Waals surface area contributed by atoms with Crippen LogP contribution in [0.2, 0.25) is 0 Å². The van der Waals surface area contributed by atoms with E-state index >= 15 is 0 Å². The molecule has 0 saturated carbocycles. The number of nitrogens with one attached hydrogen (secondary N) is 1. The van der Waals surface area contributed by atoms with Crippen LogP contribution < -0.4 is 4.72 Å². The summed E-state index contributed by atoms with van der Waals surface area (Å²) >= 11 is 0. The minimum absolute atomic E-state index is 0.226. The third-order valence-electron chi connectivity index (χ3n) is 4.57. The third-order valence-corrected chi connectivity index (χ3v) is 6.06. The molecule has 2 aromatic rings. The summed E-state index contributed by atoms with van der Waals surface area (Å²) in [5, 5.41) is 0. The van der Waals surface area contributed by atoms with Crippen molar-refractivity contribution in [3.05, 3.63) is 65.2 Å². The molecule has 0 aliphatic heterocycles. The summed E-state index contributed by atoms with van der Waals surface area (Å²) in [4.78, 5) is 0.314. The van der Waals surface area contributed by atoms with Gasteiger partial charge in [-0.1, -0.05) is 71.0 Å². The summed E-state index contributed by atoms with van der Waals surface area (Å²) in [5.41, 5.74) is 3.38. The fourth-order valence-electron chi connectivity index (χ4n) is 2.79. The molecule has 0 amide bonds. The molecular formula is C21H29NO2S. The first-order chi connectivity index (χ1) is 11.7. The first kappa shape index (κ1) is 19.7. The Bertz CT molecular complexity index is 776. The van der Waals surface area contributed by atoms with E-state index in [1.165, 1.54) is 5.56 Å². The van der Waals surface area contributed by atoms with Crippen molar-refractivity contribution in [1.29, 1.82) is 0 Å². The molecule has 0 aromatic heterocycles. The van der Waals surface area contributed by atoms with Gasteiger partial charge in [-0.05, 0) is 47.1 Å². The van der Waals surface area contributed by atoms with E-state index in [9.17, 15) is 8.42 Å². The van der Waals surface area contributed by atoms with E-state index in [1.54, 1.807) is 12.1 Å². The predicted octanol–water partition coefficient (Wildman–Crippen LogP) is 5.36. The molecule has 2 aromatic carbocycles. The van der Waals surface area contributed by atoms with E-state index in [4.69, 9.17) is 0 Å². The van der Waals surface area contributed by atoms with Crippen LogP contribution in [0.4, 0.5) is 0 Å². The van der Waals surface area contributed by atoms with Crippen molar-refractivity contribution in [2.24, 2.45) is 0 Å². The Balaban J connectivity index is 2.21. The Hall–Kier alpha value is -1.65. The van der Waals surface area contributed by atoms with Crippen LogP contribution in [0.1, 0.15) is 75.6 Å². The lowest BCUT2D eigenvalue weighted by Gasteiger charge is -2.19. The van der Waals surface area contributed by atoms with Gasteiger partial charge in [0.05, 0.1) is 4.90 Å². The third kappa shape index (κ3) is 4.93. The van der Waals surface area contributed by atoms with E-state index in [2.05, 4.69) is 44.5 Å². The van der Waals surface area contributed by atoms with Gasteiger partial charge in [-0.3, -0.25) is 0 Å². The molecule has 0 aliphatic carbocycles. The van der Waals surface area contributed by atoms with E-state index in [-0.39, 0.29) is 6.04 Å². The molecule has 1 atom stereocenters. The van der Waals surface area contributed by atoms with Gasteiger partial charge in [0.15, 0.2) is 0 Å². The molecule has 2 rings (SSSR count). The summed E-state index contributed by atoms with van der Waals surface area (Å²) in [7, 11) is -3.54. The Morgan fingerprint density at radius 3 is 1.56 bits per heavy atom. The number of hydrogen-bond donors (Lipinski definition) is 1. The molecule has 4 heteroatoms. The van der Waals surface area contributed by atoms with Crippen LogP contribution in [0.25, 0.3) is 0 Å².